The van der Waals surface area contributed by atoms with Gasteiger partial charge in [0.2, 0.25) is 27.6 Å². The van der Waals surface area contributed by atoms with Crippen LogP contribution in [0, 0.1) is 17.3 Å². The van der Waals surface area contributed by atoms with Gasteiger partial charge in [-0.05, 0) is 48.6 Å². The highest BCUT2D eigenvalue weighted by atomic mass is 32.2. The molecule has 2 aliphatic rings. The number of Topliss-reactive ketones (excluding diaryl/α,β-unsaturated/α-hetero) is 1. The van der Waals surface area contributed by atoms with E-state index >= 15 is 0 Å². The number of nitrogens with zero attached hydrogens (tertiary/aromatic N) is 2. The van der Waals surface area contributed by atoms with Gasteiger partial charge in [-0.3, -0.25) is 19.2 Å². The van der Waals surface area contributed by atoms with Crippen LogP contribution in [0.4, 0.5) is 4.79 Å². The summed E-state index contributed by atoms with van der Waals surface area (Å²) >= 11 is 0. The number of carbonyl (C=O) groups excluding carboxylic acids is 5. The lowest BCUT2D eigenvalue weighted by molar-refractivity contribution is -0.143. The molecule has 1 aliphatic carbocycles. The van der Waals surface area contributed by atoms with Crippen LogP contribution in [0.15, 0.2) is 35.2 Å². The zero-order chi connectivity index (χ0) is 34.4. The van der Waals surface area contributed by atoms with E-state index in [1.54, 1.807) is 39.0 Å². The van der Waals surface area contributed by atoms with Crippen LogP contribution in [-0.2, 0) is 29.2 Å². The Morgan fingerprint density at radius 1 is 0.978 bits per heavy atom. The molecule has 1 unspecified atom stereocenters. The minimum absolute atomic E-state index is 0.00311. The minimum atomic E-state index is -3.80. The van der Waals surface area contributed by atoms with Crippen molar-refractivity contribution < 1.29 is 32.4 Å². The fraction of sp³-hybridized carbons (Fsp3) is 0.656. The van der Waals surface area contributed by atoms with E-state index in [1.165, 1.54) is 28.4 Å². The highest BCUT2D eigenvalue weighted by Gasteiger charge is 2.43. The molecule has 1 saturated carbocycles. The van der Waals surface area contributed by atoms with Crippen LogP contribution < -0.4 is 21.7 Å². The van der Waals surface area contributed by atoms with Gasteiger partial charge >= 0.3 is 6.03 Å². The number of nitrogens with one attached hydrogen (secondary N) is 3. The molecule has 4 atom stereocenters. The largest absolute Gasteiger partial charge is 0.363 e. The SMILES string of the molecule is CC(C)[C@@H](CN(C)S(=O)(=O)c1ccccc1)NC(=O)N[C@H](C(=O)N1CCC[C@H]1C(=O)NC(CC1CCC1)C(=O)C(N)=O)C(C)(C)C. The van der Waals surface area contributed by atoms with Gasteiger partial charge in [-0.25, -0.2) is 13.2 Å². The topological polar surface area (TPSA) is 188 Å². The number of nitrogens with two attached hydrogens (primary N) is 1. The van der Waals surface area contributed by atoms with E-state index in [-0.39, 0.29) is 29.8 Å². The predicted molar refractivity (Wildman–Crippen MR) is 173 cm³/mol. The Balaban J connectivity index is 1.71. The molecule has 13 nitrogen and oxygen atoms in total. The summed E-state index contributed by atoms with van der Waals surface area (Å²) in [5.41, 5.74) is 4.50. The molecular weight excluding hydrogens is 612 g/mol. The van der Waals surface area contributed by atoms with Gasteiger partial charge in [0.05, 0.1) is 10.9 Å². The standard InChI is InChI=1S/C32H50N6O7S/c1-20(2)24(19-37(6)46(44,45)22-14-8-7-9-15-22)35-31(43)36-27(32(3,4)5)30(42)38-17-11-16-25(38)29(41)34-23(26(39)28(33)40)18-21-12-10-13-21/h7-9,14-15,20-21,23-25,27H,10-13,16-19H2,1-6H3,(H2,33,40)(H,34,41)(H2,35,36,43)/t23?,24-,25+,27-/m1/s1. The summed E-state index contributed by atoms with van der Waals surface area (Å²) in [5, 5.41) is 8.31. The van der Waals surface area contributed by atoms with E-state index < -0.39 is 69.1 Å². The monoisotopic (exact) mass is 662 g/mol. The summed E-state index contributed by atoms with van der Waals surface area (Å²) in [5.74, 6) is -2.90. The maximum Gasteiger partial charge on any atom is 0.315 e. The van der Waals surface area contributed by atoms with Crippen LogP contribution in [0.25, 0.3) is 0 Å². The van der Waals surface area contributed by atoms with Gasteiger partial charge in [-0.15, -0.1) is 0 Å². The fourth-order valence-corrected chi connectivity index (χ4v) is 6.98. The van der Waals surface area contributed by atoms with Crippen molar-refractivity contribution in [3.8, 4) is 0 Å². The quantitative estimate of drug-likeness (QED) is 0.218. The second kappa shape index (κ2) is 15.4. The van der Waals surface area contributed by atoms with Gasteiger partial charge in [0.15, 0.2) is 0 Å². The first-order chi connectivity index (χ1) is 21.4. The molecule has 1 aliphatic heterocycles. The summed E-state index contributed by atoms with van der Waals surface area (Å²) in [7, 11) is -2.35. The maximum absolute atomic E-state index is 14.0. The number of urea groups is 1. The zero-order valence-electron chi connectivity index (χ0n) is 27.7. The number of rotatable bonds is 14. The molecule has 3 rings (SSSR count). The fourth-order valence-electron chi connectivity index (χ4n) is 5.76. The van der Waals surface area contributed by atoms with Gasteiger partial charge in [-0.2, -0.15) is 4.31 Å². The van der Waals surface area contributed by atoms with E-state index in [4.69, 9.17) is 5.73 Å². The first-order valence-corrected chi connectivity index (χ1v) is 17.4. The van der Waals surface area contributed by atoms with E-state index in [1.807, 2.05) is 13.8 Å². The van der Waals surface area contributed by atoms with E-state index in [9.17, 15) is 32.4 Å². The van der Waals surface area contributed by atoms with Crippen molar-refractivity contribution in [2.24, 2.45) is 23.0 Å². The number of likely N-dealkylation sites (N-methyl/N-ethyl adjacent to an activating group) is 1. The van der Waals surface area contributed by atoms with Crippen molar-refractivity contribution in [3.05, 3.63) is 30.3 Å². The number of amides is 5. The molecule has 0 radical (unpaired) electrons. The van der Waals surface area contributed by atoms with Crippen LogP contribution in [0.1, 0.15) is 73.1 Å². The third-order valence-corrected chi connectivity index (χ3v) is 10.8. The Hall–Kier alpha value is -3.52. The van der Waals surface area contributed by atoms with Gasteiger partial charge < -0.3 is 26.6 Å². The number of benzene rings is 1. The van der Waals surface area contributed by atoms with Crippen molar-refractivity contribution in [1.29, 1.82) is 0 Å². The third-order valence-electron chi connectivity index (χ3n) is 8.92. The molecule has 2 fully saturated rings. The Morgan fingerprint density at radius 3 is 2.13 bits per heavy atom. The number of hydrogen-bond donors (Lipinski definition) is 4. The number of ketones is 1. The maximum atomic E-state index is 14.0. The molecule has 5 amide bonds. The summed E-state index contributed by atoms with van der Waals surface area (Å²) in [6.07, 6.45) is 4.06. The molecule has 5 N–H and O–H groups in total. The third kappa shape index (κ3) is 9.27. The second-order valence-electron chi connectivity index (χ2n) is 13.9. The van der Waals surface area contributed by atoms with E-state index in [0.29, 0.717) is 19.3 Å². The molecule has 1 aromatic carbocycles. The van der Waals surface area contributed by atoms with Gasteiger partial charge in [0.25, 0.3) is 5.91 Å². The molecule has 256 valence electrons. The lowest BCUT2D eigenvalue weighted by Crippen LogP contribution is -2.61. The minimum Gasteiger partial charge on any atom is -0.363 e. The zero-order valence-corrected chi connectivity index (χ0v) is 28.6. The molecule has 1 heterocycles. The van der Waals surface area contributed by atoms with Crippen LogP contribution in [-0.4, -0.2) is 91.5 Å². The number of sulfonamides is 1. The van der Waals surface area contributed by atoms with Gasteiger partial charge in [0, 0.05) is 26.2 Å². The Bertz CT molecular complexity index is 1370. The van der Waals surface area contributed by atoms with Crippen LogP contribution in [0.3, 0.4) is 0 Å². The smallest absolute Gasteiger partial charge is 0.315 e. The number of primary amides is 1. The van der Waals surface area contributed by atoms with E-state index in [0.717, 1.165) is 19.3 Å². The first kappa shape index (κ1) is 36.9. The van der Waals surface area contributed by atoms with Crippen molar-refractivity contribution in [2.45, 2.75) is 102 Å². The number of likely N-dealkylation sites (tertiary alicyclic amines) is 1. The molecular formula is C32H50N6O7S. The number of carbonyl (C=O) groups is 5. The molecule has 1 aromatic rings. The lowest BCUT2D eigenvalue weighted by atomic mass is 9.80. The molecule has 46 heavy (non-hydrogen) atoms. The van der Waals surface area contributed by atoms with Gasteiger partial charge in [0.1, 0.15) is 12.1 Å². The molecule has 0 spiro atoms. The summed E-state index contributed by atoms with van der Waals surface area (Å²) < 4.78 is 27.4. The van der Waals surface area contributed by atoms with E-state index in [2.05, 4.69) is 16.0 Å². The summed E-state index contributed by atoms with van der Waals surface area (Å²) in [4.78, 5) is 66.5. The van der Waals surface area contributed by atoms with Crippen LogP contribution >= 0.6 is 0 Å². The first-order valence-electron chi connectivity index (χ1n) is 16.0. The summed E-state index contributed by atoms with van der Waals surface area (Å²) in [6.45, 7) is 9.37. The predicted octanol–water partition coefficient (Wildman–Crippen LogP) is 1.77. The second-order valence-corrected chi connectivity index (χ2v) is 15.9. The van der Waals surface area contributed by atoms with Crippen LogP contribution in [0.2, 0.25) is 0 Å². The number of hydrogen-bond acceptors (Lipinski definition) is 7. The van der Waals surface area contributed by atoms with Crippen molar-refractivity contribution >= 4 is 39.6 Å². The molecule has 1 saturated heterocycles. The van der Waals surface area contributed by atoms with Gasteiger partial charge in [-0.1, -0.05) is 72.1 Å². The highest BCUT2D eigenvalue weighted by Crippen LogP contribution is 2.31. The summed E-state index contributed by atoms with van der Waals surface area (Å²) in [6, 6.07) is 3.82. The van der Waals surface area contributed by atoms with Crippen molar-refractivity contribution in [1.82, 2.24) is 25.2 Å². The van der Waals surface area contributed by atoms with Crippen molar-refractivity contribution in [3.63, 3.8) is 0 Å². The lowest BCUT2D eigenvalue weighted by Gasteiger charge is -2.36. The Morgan fingerprint density at radius 2 is 1.61 bits per heavy atom. The normalized spacial score (nSPS) is 19.2. The molecule has 14 heteroatoms. The average molecular weight is 663 g/mol. The Labute approximate surface area is 272 Å². The highest BCUT2D eigenvalue weighted by molar-refractivity contribution is 7.89. The Kier molecular flexibility index (Phi) is 12.4. The molecule has 0 aromatic heterocycles. The van der Waals surface area contributed by atoms with Crippen molar-refractivity contribution in [2.75, 3.05) is 20.1 Å². The van der Waals surface area contributed by atoms with Crippen LogP contribution in [0.5, 0.6) is 0 Å². The average Bonchev–Trinajstić information content (AvgIpc) is 3.46. The molecule has 0 bridgehead atoms.